The summed E-state index contributed by atoms with van der Waals surface area (Å²) in [5.74, 6) is -0.995. The zero-order chi connectivity index (χ0) is 19.8. The maximum Gasteiger partial charge on any atom is 0.340 e. The highest BCUT2D eigenvalue weighted by Gasteiger charge is 2.16. The van der Waals surface area contributed by atoms with Crippen molar-refractivity contribution in [3.05, 3.63) is 102 Å². The molecule has 0 heterocycles. The maximum atomic E-state index is 12.0. The predicted molar refractivity (Wildman–Crippen MR) is 105 cm³/mol. The Hall–Kier alpha value is -3.86. The van der Waals surface area contributed by atoms with Gasteiger partial charge in [-0.3, -0.25) is 0 Å². The molecule has 0 fully saturated rings. The number of hydrogen-bond donors (Lipinski definition) is 1. The normalized spacial score (nSPS) is 10.6. The van der Waals surface area contributed by atoms with Gasteiger partial charge in [0.15, 0.2) is 0 Å². The van der Waals surface area contributed by atoms with Crippen LogP contribution < -0.4 is 4.74 Å². The van der Waals surface area contributed by atoms with Gasteiger partial charge in [-0.2, -0.15) is 0 Å². The minimum atomic E-state index is -1.15. The molecular weight excluding hydrogens is 356 g/mol. The average Bonchev–Trinajstić information content (AvgIpc) is 2.72. The van der Waals surface area contributed by atoms with E-state index in [2.05, 4.69) is 0 Å². The summed E-state index contributed by atoms with van der Waals surface area (Å²) >= 11 is 0. The molecule has 0 amide bonds. The molecular formula is C23H18O5. The van der Waals surface area contributed by atoms with Crippen LogP contribution in [0.4, 0.5) is 0 Å². The van der Waals surface area contributed by atoms with Gasteiger partial charge in [-0.1, -0.05) is 60.7 Å². The second-order valence-electron chi connectivity index (χ2n) is 5.87. The summed E-state index contributed by atoms with van der Waals surface area (Å²) in [6.45, 7) is 0.146. The van der Waals surface area contributed by atoms with Crippen molar-refractivity contribution < 1.29 is 24.2 Å². The van der Waals surface area contributed by atoms with Gasteiger partial charge in [0.2, 0.25) is 0 Å². The molecule has 0 unspecified atom stereocenters. The first-order valence-electron chi connectivity index (χ1n) is 8.61. The van der Waals surface area contributed by atoms with Crippen LogP contribution in [0.1, 0.15) is 21.5 Å². The molecule has 3 rings (SSSR count). The summed E-state index contributed by atoms with van der Waals surface area (Å²) in [4.78, 5) is 23.7. The van der Waals surface area contributed by atoms with Gasteiger partial charge in [0, 0.05) is 6.08 Å². The lowest BCUT2D eigenvalue weighted by Crippen LogP contribution is -2.04. The third kappa shape index (κ3) is 5.08. The van der Waals surface area contributed by atoms with Gasteiger partial charge in [-0.25, -0.2) is 9.59 Å². The fourth-order valence-electron chi connectivity index (χ4n) is 2.55. The molecule has 0 aliphatic carbocycles. The van der Waals surface area contributed by atoms with E-state index in [9.17, 15) is 14.7 Å². The standard InChI is InChI=1S/C23H18O5/c24-21(27-16-17-8-3-1-4-9-17)15-14-18-10-7-13-20(22(18)23(25)26)28-19-11-5-2-6-12-19/h1-15H,16H2,(H,25,26). The molecule has 0 aromatic heterocycles. The lowest BCUT2D eigenvalue weighted by atomic mass is 10.1. The van der Waals surface area contributed by atoms with Crippen molar-refractivity contribution in [1.82, 2.24) is 0 Å². The molecule has 0 bridgehead atoms. The second kappa shape index (κ2) is 9.19. The summed E-state index contributed by atoms with van der Waals surface area (Å²) in [6, 6.07) is 23.0. The van der Waals surface area contributed by atoms with Crippen LogP contribution in [0.3, 0.4) is 0 Å². The third-order valence-corrected chi connectivity index (χ3v) is 3.87. The van der Waals surface area contributed by atoms with Gasteiger partial charge in [0.05, 0.1) is 0 Å². The van der Waals surface area contributed by atoms with E-state index >= 15 is 0 Å². The van der Waals surface area contributed by atoms with Crippen molar-refractivity contribution in [3.63, 3.8) is 0 Å². The Morgan fingerprint density at radius 3 is 2.21 bits per heavy atom. The van der Waals surface area contributed by atoms with Crippen LogP contribution in [-0.2, 0) is 16.1 Å². The molecule has 0 atom stereocenters. The predicted octanol–water partition coefficient (Wildman–Crippen LogP) is 4.93. The van der Waals surface area contributed by atoms with Crippen LogP contribution in [0.15, 0.2) is 84.9 Å². The summed E-state index contributed by atoms with van der Waals surface area (Å²) in [5.41, 5.74) is 1.18. The highest BCUT2D eigenvalue weighted by Crippen LogP contribution is 2.28. The largest absolute Gasteiger partial charge is 0.478 e. The molecule has 1 N–H and O–H groups in total. The molecule has 0 saturated heterocycles. The lowest BCUT2D eigenvalue weighted by Gasteiger charge is -2.10. The SMILES string of the molecule is O=C(C=Cc1cccc(Oc2ccccc2)c1C(=O)O)OCc1ccccc1. The van der Waals surface area contributed by atoms with Crippen LogP contribution >= 0.6 is 0 Å². The van der Waals surface area contributed by atoms with Crippen LogP contribution in [0.5, 0.6) is 11.5 Å². The average molecular weight is 374 g/mol. The number of carbonyl (C=O) groups excluding carboxylic acids is 1. The van der Waals surface area contributed by atoms with Gasteiger partial charge >= 0.3 is 11.9 Å². The zero-order valence-electron chi connectivity index (χ0n) is 14.9. The van der Waals surface area contributed by atoms with Crippen molar-refractivity contribution in [2.45, 2.75) is 6.61 Å². The number of rotatable bonds is 7. The van der Waals surface area contributed by atoms with E-state index in [-0.39, 0.29) is 17.9 Å². The molecule has 0 radical (unpaired) electrons. The summed E-state index contributed by atoms with van der Waals surface area (Å²) in [6.07, 6.45) is 2.62. The Morgan fingerprint density at radius 1 is 0.857 bits per heavy atom. The van der Waals surface area contributed by atoms with E-state index in [4.69, 9.17) is 9.47 Å². The smallest absolute Gasteiger partial charge is 0.340 e. The Balaban J connectivity index is 1.75. The fourth-order valence-corrected chi connectivity index (χ4v) is 2.55. The van der Waals surface area contributed by atoms with Crippen LogP contribution in [0.2, 0.25) is 0 Å². The quantitative estimate of drug-likeness (QED) is 0.469. The monoisotopic (exact) mass is 374 g/mol. The molecule has 0 spiro atoms. The van der Waals surface area contributed by atoms with Crippen LogP contribution in [-0.4, -0.2) is 17.0 Å². The number of carbonyl (C=O) groups is 2. The number of carboxylic acids is 1. The van der Waals surface area contributed by atoms with E-state index in [1.54, 1.807) is 42.5 Å². The number of carboxylic acid groups (broad SMARTS) is 1. The van der Waals surface area contributed by atoms with Gasteiger partial charge < -0.3 is 14.6 Å². The zero-order valence-corrected chi connectivity index (χ0v) is 14.9. The van der Waals surface area contributed by atoms with Crippen molar-refractivity contribution in [2.75, 3.05) is 0 Å². The van der Waals surface area contributed by atoms with Crippen LogP contribution in [0, 0.1) is 0 Å². The van der Waals surface area contributed by atoms with E-state index in [1.807, 2.05) is 36.4 Å². The highest BCUT2D eigenvalue weighted by molar-refractivity contribution is 5.97. The van der Waals surface area contributed by atoms with E-state index in [0.717, 1.165) is 5.56 Å². The lowest BCUT2D eigenvalue weighted by molar-refractivity contribution is -0.138. The Labute approximate surface area is 162 Å². The Morgan fingerprint density at radius 2 is 1.54 bits per heavy atom. The Bertz CT molecular complexity index is 978. The molecule has 0 aliphatic heterocycles. The number of hydrogen-bond acceptors (Lipinski definition) is 4. The molecule has 3 aromatic carbocycles. The summed E-state index contributed by atoms with van der Waals surface area (Å²) < 4.78 is 10.9. The number of benzene rings is 3. The van der Waals surface area contributed by atoms with Crippen LogP contribution in [0.25, 0.3) is 6.08 Å². The molecule has 5 heteroatoms. The first-order valence-corrected chi connectivity index (χ1v) is 8.61. The second-order valence-corrected chi connectivity index (χ2v) is 5.87. The van der Waals surface area contributed by atoms with Gasteiger partial charge in [-0.15, -0.1) is 0 Å². The van der Waals surface area contributed by atoms with E-state index in [0.29, 0.717) is 11.3 Å². The molecule has 5 nitrogen and oxygen atoms in total. The van der Waals surface area contributed by atoms with Crippen molar-refractivity contribution in [1.29, 1.82) is 0 Å². The fraction of sp³-hybridized carbons (Fsp3) is 0.0435. The van der Waals surface area contributed by atoms with Gasteiger partial charge in [0.1, 0.15) is 23.7 Å². The van der Waals surface area contributed by atoms with Crippen molar-refractivity contribution in [2.24, 2.45) is 0 Å². The van der Waals surface area contributed by atoms with Crippen molar-refractivity contribution >= 4 is 18.0 Å². The topological polar surface area (TPSA) is 72.8 Å². The first-order chi connectivity index (χ1) is 13.6. The minimum Gasteiger partial charge on any atom is -0.478 e. The van der Waals surface area contributed by atoms with E-state index < -0.39 is 11.9 Å². The number of aromatic carboxylic acids is 1. The van der Waals surface area contributed by atoms with E-state index in [1.165, 1.54) is 12.2 Å². The minimum absolute atomic E-state index is 0.0292. The number of esters is 1. The Kier molecular flexibility index (Phi) is 6.21. The highest BCUT2D eigenvalue weighted by atomic mass is 16.5. The van der Waals surface area contributed by atoms with Gasteiger partial charge in [0.25, 0.3) is 0 Å². The molecule has 28 heavy (non-hydrogen) atoms. The number of ether oxygens (including phenoxy) is 2. The van der Waals surface area contributed by atoms with Gasteiger partial charge in [-0.05, 0) is 35.4 Å². The number of para-hydroxylation sites is 1. The summed E-state index contributed by atoms with van der Waals surface area (Å²) in [7, 11) is 0. The molecule has 0 saturated carbocycles. The van der Waals surface area contributed by atoms with Crippen molar-refractivity contribution in [3.8, 4) is 11.5 Å². The molecule has 0 aliphatic rings. The third-order valence-electron chi connectivity index (χ3n) is 3.87. The first kappa shape index (κ1) is 18.9. The molecule has 140 valence electrons. The maximum absolute atomic E-state index is 12.0. The summed E-state index contributed by atoms with van der Waals surface area (Å²) in [5, 5.41) is 9.61. The molecule has 3 aromatic rings.